The van der Waals surface area contributed by atoms with Gasteiger partial charge in [0, 0.05) is 0 Å². The first-order chi connectivity index (χ1) is 8.12. The highest BCUT2D eigenvalue weighted by molar-refractivity contribution is 7.91. The molecule has 94 valence electrons. The topological polar surface area (TPSA) is 55.4 Å². The monoisotopic (exact) mass is 255 g/mol. The van der Waals surface area contributed by atoms with Crippen molar-refractivity contribution in [1.82, 2.24) is 5.32 Å². The van der Waals surface area contributed by atoms with E-state index < -0.39 is 9.84 Å². The number of rotatable bonds is 4. The lowest BCUT2D eigenvalue weighted by Gasteiger charge is -2.10. The summed E-state index contributed by atoms with van der Waals surface area (Å²) in [6, 6.07) is 6.66. The summed E-state index contributed by atoms with van der Waals surface area (Å²) in [6.45, 7) is 1.71. The van der Waals surface area contributed by atoms with Gasteiger partial charge in [-0.3, -0.25) is 0 Å². The van der Waals surface area contributed by atoms with Crippen LogP contribution in [0, 0.1) is 5.92 Å². The zero-order valence-electron chi connectivity index (χ0n) is 9.85. The molecule has 0 spiro atoms. The van der Waals surface area contributed by atoms with Crippen LogP contribution in [0.1, 0.15) is 6.42 Å². The Bertz CT molecular complexity index is 478. The first kappa shape index (κ1) is 12.4. The molecule has 1 fully saturated rings. The number of sulfone groups is 1. The van der Waals surface area contributed by atoms with E-state index in [1.807, 2.05) is 0 Å². The Morgan fingerprint density at radius 1 is 1.47 bits per heavy atom. The SMILES string of the molecule is COc1cccc(S(=O)(=O)CC2CCNC2)c1. The third-order valence-corrected chi connectivity index (χ3v) is 4.90. The average molecular weight is 255 g/mol. The molecule has 1 unspecified atom stereocenters. The lowest BCUT2D eigenvalue weighted by molar-refractivity contribution is 0.413. The maximum Gasteiger partial charge on any atom is 0.178 e. The van der Waals surface area contributed by atoms with E-state index in [0.29, 0.717) is 10.6 Å². The zero-order valence-corrected chi connectivity index (χ0v) is 10.7. The smallest absolute Gasteiger partial charge is 0.178 e. The Kier molecular flexibility index (Phi) is 3.69. The van der Waals surface area contributed by atoms with E-state index in [0.717, 1.165) is 19.5 Å². The van der Waals surface area contributed by atoms with Crippen molar-refractivity contribution >= 4 is 9.84 Å². The van der Waals surface area contributed by atoms with Crippen LogP contribution in [0.3, 0.4) is 0 Å². The first-order valence-electron chi connectivity index (χ1n) is 5.69. The molecule has 1 aromatic rings. The predicted octanol–water partition coefficient (Wildman–Crippen LogP) is 1.08. The van der Waals surface area contributed by atoms with Crippen LogP contribution >= 0.6 is 0 Å². The Morgan fingerprint density at radius 2 is 2.29 bits per heavy atom. The Hall–Kier alpha value is -1.07. The zero-order chi connectivity index (χ0) is 12.3. The predicted molar refractivity (Wildman–Crippen MR) is 66.0 cm³/mol. The molecule has 1 atom stereocenters. The summed E-state index contributed by atoms with van der Waals surface area (Å²) in [5.41, 5.74) is 0. The molecule has 4 nitrogen and oxygen atoms in total. The lowest BCUT2D eigenvalue weighted by atomic mass is 10.2. The van der Waals surface area contributed by atoms with Gasteiger partial charge in [-0.2, -0.15) is 0 Å². The minimum Gasteiger partial charge on any atom is -0.497 e. The number of benzene rings is 1. The molecule has 1 saturated heterocycles. The van der Waals surface area contributed by atoms with Crippen LogP contribution in [0.2, 0.25) is 0 Å². The van der Waals surface area contributed by atoms with E-state index in [4.69, 9.17) is 4.74 Å². The van der Waals surface area contributed by atoms with Gasteiger partial charge in [0.05, 0.1) is 17.8 Å². The van der Waals surface area contributed by atoms with E-state index >= 15 is 0 Å². The normalized spacial score (nSPS) is 20.4. The summed E-state index contributed by atoms with van der Waals surface area (Å²) >= 11 is 0. The van der Waals surface area contributed by atoms with Gasteiger partial charge in [-0.25, -0.2) is 8.42 Å². The Balaban J connectivity index is 2.18. The van der Waals surface area contributed by atoms with Crippen LogP contribution < -0.4 is 10.1 Å². The minimum absolute atomic E-state index is 0.215. The van der Waals surface area contributed by atoms with Crippen LogP contribution in [0.25, 0.3) is 0 Å². The van der Waals surface area contributed by atoms with Gasteiger partial charge in [0.2, 0.25) is 0 Å². The van der Waals surface area contributed by atoms with E-state index in [9.17, 15) is 8.42 Å². The average Bonchev–Trinajstić information content (AvgIpc) is 2.81. The highest BCUT2D eigenvalue weighted by atomic mass is 32.2. The summed E-state index contributed by atoms with van der Waals surface area (Å²) in [5, 5.41) is 3.18. The van der Waals surface area contributed by atoms with Crippen molar-refractivity contribution in [3.63, 3.8) is 0 Å². The molecular formula is C12H17NO3S. The van der Waals surface area contributed by atoms with Crippen molar-refractivity contribution in [3.8, 4) is 5.75 Å². The van der Waals surface area contributed by atoms with Gasteiger partial charge >= 0.3 is 0 Å². The first-order valence-corrected chi connectivity index (χ1v) is 7.34. The summed E-state index contributed by atoms with van der Waals surface area (Å²) in [4.78, 5) is 0.351. The second kappa shape index (κ2) is 5.06. The van der Waals surface area contributed by atoms with E-state index in [1.165, 1.54) is 7.11 Å². The summed E-state index contributed by atoms with van der Waals surface area (Å²) < 4.78 is 29.4. The maximum atomic E-state index is 12.2. The van der Waals surface area contributed by atoms with Crippen LogP contribution in [-0.2, 0) is 9.84 Å². The second-order valence-corrected chi connectivity index (χ2v) is 6.35. The number of methoxy groups -OCH3 is 1. The Labute approximate surface area is 102 Å². The summed E-state index contributed by atoms with van der Waals surface area (Å²) in [5.74, 6) is 1.02. The molecule has 0 saturated carbocycles. The van der Waals surface area contributed by atoms with Crippen molar-refractivity contribution in [2.24, 2.45) is 5.92 Å². The standard InChI is InChI=1S/C12H17NO3S/c1-16-11-3-2-4-12(7-11)17(14,15)9-10-5-6-13-8-10/h2-4,7,10,13H,5-6,8-9H2,1H3. The molecule has 1 heterocycles. The van der Waals surface area contributed by atoms with E-state index in [2.05, 4.69) is 5.32 Å². The fourth-order valence-electron chi connectivity index (χ4n) is 2.06. The molecule has 1 aliphatic heterocycles. The van der Waals surface area contributed by atoms with Gasteiger partial charge in [-0.15, -0.1) is 0 Å². The van der Waals surface area contributed by atoms with Gasteiger partial charge in [0.15, 0.2) is 9.84 Å². The van der Waals surface area contributed by atoms with Crippen molar-refractivity contribution in [2.45, 2.75) is 11.3 Å². The van der Waals surface area contributed by atoms with Gasteiger partial charge in [0.1, 0.15) is 5.75 Å². The van der Waals surface area contributed by atoms with Gasteiger partial charge in [-0.1, -0.05) is 6.07 Å². The summed E-state index contributed by atoms with van der Waals surface area (Å²) in [6.07, 6.45) is 0.934. The maximum absolute atomic E-state index is 12.2. The molecule has 5 heteroatoms. The molecule has 0 amide bonds. The number of hydrogen-bond donors (Lipinski definition) is 1. The second-order valence-electron chi connectivity index (χ2n) is 4.32. The molecule has 1 aliphatic rings. The molecule has 17 heavy (non-hydrogen) atoms. The molecular weight excluding hydrogens is 238 g/mol. The fraction of sp³-hybridized carbons (Fsp3) is 0.500. The lowest BCUT2D eigenvalue weighted by Crippen LogP contribution is -2.18. The van der Waals surface area contributed by atoms with E-state index in [1.54, 1.807) is 24.3 Å². The molecule has 1 N–H and O–H groups in total. The van der Waals surface area contributed by atoms with Gasteiger partial charge < -0.3 is 10.1 Å². The molecule has 0 bridgehead atoms. The minimum atomic E-state index is -3.20. The van der Waals surface area contributed by atoms with Crippen LogP contribution in [0.4, 0.5) is 0 Å². The van der Waals surface area contributed by atoms with E-state index in [-0.39, 0.29) is 11.7 Å². The third-order valence-electron chi connectivity index (χ3n) is 3.02. The number of ether oxygens (including phenoxy) is 1. The summed E-state index contributed by atoms with van der Waals surface area (Å²) in [7, 11) is -1.66. The highest BCUT2D eigenvalue weighted by Crippen LogP contribution is 2.21. The Morgan fingerprint density at radius 3 is 2.94 bits per heavy atom. The van der Waals surface area contributed by atoms with Gasteiger partial charge in [0.25, 0.3) is 0 Å². The van der Waals surface area contributed by atoms with Crippen molar-refractivity contribution in [2.75, 3.05) is 26.0 Å². The quantitative estimate of drug-likeness (QED) is 0.874. The molecule has 2 rings (SSSR count). The van der Waals surface area contributed by atoms with Crippen LogP contribution in [0.5, 0.6) is 5.75 Å². The molecule has 0 radical (unpaired) electrons. The van der Waals surface area contributed by atoms with Crippen LogP contribution in [-0.4, -0.2) is 34.4 Å². The largest absolute Gasteiger partial charge is 0.497 e. The fourth-order valence-corrected chi connectivity index (χ4v) is 3.74. The van der Waals surface area contributed by atoms with Gasteiger partial charge in [-0.05, 0) is 43.6 Å². The molecule has 0 aliphatic carbocycles. The van der Waals surface area contributed by atoms with Crippen molar-refractivity contribution in [1.29, 1.82) is 0 Å². The molecule has 1 aromatic carbocycles. The number of nitrogens with one attached hydrogen (secondary N) is 1. The molecule has 0 aromatic heterocycles. The highest BCUT2D eigenvalue weighted by Gasteiger charge is 2.24. The van der Waals surface area contributed by atoms with Crippen molar-refractivity contribution in [3.05, 3.63) is 24.3 Å². The van der Waals surface area contributed by atoms with Crippen LogP contribution in [0.15, 0.2) is 29.2 Å². The van der Waals surface area contributed by atoms with Crippen molar-refractivity contribution < 1.29 is 13.2 Å². The number of hydrogen-bond acceptors (Lipinski definition) is 4. The third kappa shape index (κ3) is 2.98.